The zero-order chi connectivity index (χ0) is 12.0. The second-order valence-electron chi connectivity index (χ2n) is 3.88. The van der Waals surface area contributed by atoms with Crippen LogP contribution in [0.2, 0.25) is 0 Å². The second-order valence-corrected chi connectivity index (χ2v) is 3.88. The quantitative estimate of drug-likeness (QED) is 0.807. The van der Waals surface area contributed by atoms with Crippen molar-refractivity contribution in [3.8, 4) is 5.75 Å². The molecule has 0 saturated heterocycles. The molecule has 0 fully saturated rings. The van der Waals surface area contributed by atoms with E-state index in [2.05, 4.69) is 0 Å². The van der Waals surface area contributed by atoms with Crippen molar-refractivity contribution < 1.29 is 14.6 Å². The molecule has 16 heavy (non-hydrogen) atoms. The zero-order valence-corrected chi connectivity index (χ0v) is 10.1. The topological polar surface area (TPSA) is 38.7 Å². The Hall–Kier alpha value is -1.06. The first-order chi connectivity index (χ1) is 7.67. The fourth-order valence-corrected chi connectivity index (χ4v) is 1.51. The smallest absolute Gasteiger partial charge is 0.119 e. The Kier molecular flexibility index (Phi) is 5.29. The maximum atomic E-state index is 9.63. The third-order valence-electron chi connectivity index (χ3n) is 2.39. The molecule has 1 unspecified atom stereocenters. The van der Waals surface area contributed by atoms with Crippen LogP contribution in [0.4, 0.5) is 0 Å². The molecule has 1 rings (SSSR count). The predicted octanol–water partition coefficient (Wildman–Crippen LogP) is 2.54. The van der Waals surface area contributed by atoms with E-state index < -0.39 is 0 Å². The summed E-state index contributed by atoms with van der Waals surface area (Å²) in [6, 6.07) is 7.53. The SMILES string of the molecule is CC[C@@H](O)c1ccc(OC(C)COC)cc1. The Morgan fingerprint density at radius 3 is 2.38 bits per heavy atom. The maximum Gasteiger partial charge on any atom is 0.119 e. The van der Waals surface area contributed by atoms with Crippen LogP contribution in [0.15, 0.2) is 24.3 Å². The van der Waals surface area contributed by atoms with Crippen molar-refractivity contribution in [2.75, 3.05) is 13.7 Å². The molecule has 0 spiro atoms. The number of hydrogen-bond donors (Lipinski definition) is 1. The summed E-state index contributed by atoms with van der Waals surface area (Å²) < 4.78 is 10.6. The molecule has 1 N–H and O–H groups in total. The van der Waals surface area contributed by atoms with Gasteiger partial charge in [-0.2, -0.15) is 0 Å². The highest BCUT2D eigenvalue weighted by atomic mass is 16.5. The lowest BCUT2D eigenvalue weighted by Gasteiger charge is -2.14. The van der Waals surface area contributed by atoms with Gasteiger partial charge in [-0.05, 0) is 31.0 Å². The van der Waals surface area contributed by atoms with Gasteiger partial charge in [0.15, 0.2) is 0 Å². The fraction of sp³-hybridized carbons (Fsp3) is 0.538. The number of ether oxygens (including phenoxy) is 2. The third-order valence-corrected chi connectivity index (χ3v) is 2.39. The molecule has 3 heteroatoms. The van der Waals surface area contributed by atoms with Gasteiger partial charge in [-0.25, -0.2) is 0 Å². The number of aliphatic hydroxyl groups is 1. The van der Waals surface area contributed by atoms with Gasteiger partial charge in [0.1, 0.15) is 11.9 Å². The highest BCUT2D eigenvalue weighted by molar-refractivity contribution is 5.28. The summed E-state index contributed by atoms with van der Waals surface area (Å²) in [6.07, 6.45) is 0.373. The first kappa shape index (κ1) is 13.0. The van der Waals surface area contributed by atoms with Crippen molar-refractivity contribution in [3.63, 3.8) is 0 Å². The molecule has 0 aliphatic carbocycles. The normalized spacial score (nSPS) is 14.5. The summed E-state index contributed by atoms with van der Waals surface area (Å²) in [6.45, 7) is 4.48. The van der Waals surface area contributed by atoms with Crippen molar-refractivity contribution in [1.29, 1.82) is 0 Å². The Bertz CT molecular complexity index is 295. The van der Waals surface area contributed by atoms with Crippen LogP contribution in [0, 0.1) is 0 Å². The maximum absolute atomic E-state index is 9.63. The summed E-state index contributed by atoms with van der Waals surface area (Å²) in [4.78, 5) is 0. The minimum Gasteiger partial charge on any atom is -0.488 e. The number of benzene rings is 1. The van der Waals surface area contributed by atoms with Gasteiger partial charge in [0.25, 0.3) is 0 Å². The third kappa shape index (κ3) is 3.83. The molecular weight excluding hydrogens is 204 g/mol. The highest BCUT2D eigenvalue weighted by Gasteiger charge is 2.06. The van der Waals surface area contributed by atoms with Crippen molar-refractivity contribution in [2.24, 2.45) is 0 Å². The molecule has 0 saturated carbocycles. The first-order valence-corrected chi connectivity index (χ1v) is 5.61. The molecule has 90 valence electrons. The van der Waals surface area contributed by atoms with Crippen molar-refractivity contribution in [3.05, 3.63) is 29.8 Å². The molecule has 0 aliphatic heterocycles. The average Bonchev–Trinajstić information content (AvgIpc) is 2.29. The zero-order valence-electron chi connectivity index (χ0n) is 10.1. The van der Waals surface area contributed by atoms with Crippen LogP contribution in [0.1, 0.15) is 31.9 Å². The minimum absolute atomic E-state index is 0.0342. The summed E-state index contributed by atoms with van der Waals surface area (Å²) in [7, 11) is 1.65. The van der Waals surface area contributed by atoms with E-state index in [1.165, 1.54) is 0 Å². The van der Waals surface area contributed by atoms with Gasteiger partial charge < -0.3 is 14.6 Å². The lowest BCUT2D eigenvalue weighted by Crippen LogP contribution is -2.17. The van der Waals surface area contributed by atoms with Gasteiger partial charge in [0, 0.05) is 7.11 Å². The number of rotatable bonds is 6. The van der Waals surface area contributed by atoms with Crippen LogP contribution in [0.5, 0.6) is 5.75 Å². The minimum atomic E-state index is -0.384. The molecule has 3 nitrogen and oxygen atoms in total. The summed E-state index contributed by atoms with van der Waals surface area (Å²) in [5, 5.41) is 9.63. The van der Waals surface area contributed by atoms with E-state index in [0.717, 1.165) is 17.7 Å². The van der Waals surface area contributed by atoms with E-state index in [0.29, 0.717) is 6.61 Å². The highest BCUT2D eigenvalue weighted by Crippen LogP contribution is 2.20. The molecule has 1 aromatic carbocycles. The monoisotopic (exact) mass is 224 g/mol. The first-order valence-electron chi connectivity index (χ1n) is 5.61. The van der Waals surface area contributed by atoms with E-state index in [1.54, 1.807) is 7.11 Å². The predicted molar refractivity (Wildman–Crippen MR) is 63.7 cm³/mol. The molecule has 0 radical (unpaired) electrons. The Balaban J connectivity index is 2.57. The summed E-state index contributed by atoms with van der Waals surface area (Å²) >= 11 is 0. The fourth-order valence-electron chi connectivity index (χ4n) is 1.51. The van der Waals surface area contributed by atoms with Gasteiger partial charge in [0.2, 0.25) is 0 Å². The van der Waals surface area contributed by atoms with E-state index in [1.807, 2.05) is 38.1 Å². The molecule has 0 aromatic heterocycles. The van der Waals surface area contributed by atoms with Crippen LogP contribution in [0.25, 0.3) is 0 Å². The largest absolute Gasteiger partial charge is 0.488 e. The van der Waals surface area contributed by atoms with Gasteiger partial charge >= 0.3 is 0 Å². The van der Waals surface area contributed by atoms with Gasteiger partial charge in [-0.1, -0.05) is 19.1 Å². The van der Waals surface area contributed by atoms with Gasteiger partial charge in [0.05, 0.1) is 12.7 Å². The molecule has 0 amide bonds. The van der Waals surface area contributed by atoms with E-state index in [-0.39, 0.29) is 12.2 Å². The van der Waals surface area contributed by atoms with E-state index >= 15 is 0 Å². The second kappa shape index (κ2) is 6.51. The average molecular weight is 224 g/mol. The molecule has 1 aromatic rings. The van der Waals surface area contributed by atoms with Gasteiger partial charge in [-0.3, -0.25) is 0 Å². The number of methoxy groups -OCH3 is 1. The van der Waals surface area contributed by atoms with E-state index in [9.17, 15) is 5.11 Å². The summed E-state index contributed by atoms with van der Waals surface area (Å²) in [5.74, 6) is 0.802. The molecule has 0 aliphatic rings. The van der Waals surface area contributed by atoms with Crippen molar-refractivity contribution in [2.45, 2.75) is 32.5 Å². The Labute approximate surface area is 97.0 Å². The van der Waals surface area contributed by atoms with Crippen LogP contribution < -0.4 is 4.74 Å². The molecule has 0 bridgehead atoms. The van der Waals surface area contributed by atoms with Crippen molar-refractivity contribution in [1.82, 2.24) is 0 Å². The van der Waals surface area contributed by atoms with E-state index in [4.69, 9.17) is 9.47 Å². The van der Waals surface area contributed by atoms with Crippen LogP contribution in [0.3, 0.4) is 0 Å². The molecule has 2 atom stereocenters. The lowest BCUT2D eigenvalue weighted by atomic mass is 10.1. The van der Waals surface area contributed by atoms with Crippen LogP contribution in [-0.2, 0) is 4.74 Å². The van der Waals surface area contributed by atoms with Crippen LogP contribution in [-0.4, -0.2) is 24.9 Å². The lowest BCUT2D eigenvalue weighted by molar-refractivity contribution is 0.0920. The number of hydrogen-bond acceptors (Lipinski definition) is 3. The standard InChI is InChI=1S/C13H20O3/c1-4-13(14)11-5-7-12(8-6-11)16-10(2)9-15-3/h5-8,10,13-14H,4,9H2,1-3H3/t10?,13-/m1/s1. The Morgan fingerprint density at radius 1 is 1.25 bits per heavy atom. The molecular formula is C13H20O3. The van der Waals surface area contributed by atoms with Crippen molar-refractivity contribution >= 4 is 0 Å². The van der Waals surface area contributed by atoms with Crippen LogP contribution >= 0.6 is 0 Å². The van der Waals surface area contributed by atoms with Gasteiger partial charge in [-0.15, -0.1) is 0 Å². The summed E-state index contributed by atoms with van der Waals surface area (Å²) in [5.41, 5.74) is 0.925. The molecule has 0 heterocycles. The Morgan fingerprint density at radius 2 is 1.88 bits per heavy atom. The number of aliphatic hydroxyl groups excluding tert-OH is 1.